The second-order valence-corrected chi connectivity index (χ2v) is 4.46. The number of anilines is 1. The second-order valence-electron chi connectivity index (χ2n) is 4.46. The third-order valence-electron chi connectivity index (χ3n) is 3.13. The van der Waals surface area contributed by atoms with Crippen LogP contribution in [0.15, 0.2) is 54.6 Å². The van der Waals surface area contributed by atoms with E-state index in [0.29, 0.717) is 0 Å². The Labute approximate surface area is 112 Å². The van der Waals surface area contributed by atoms with Gasteiger partial charge < -0.3 is 5.32 Å². The Kier molecular flexibility index (Phi) is 4.15. The Morgan fingerprint density at radius 2 is 1.68 bits per heavy atom. The van der Waals surface area contributed by atoms with Gasteiger partial charge in [0.15, 0.2) is 0 Å². The van der Waals surface area contributed by atoms with Crippen molar-refractivity contribution in [2.45, 2.75) is 18.9 Å². The van der Waals surface area contributed by atoms with E-state index in [-0.39, 0.29) is 17.8 Å². The molecule has 3 heteroatoms. The topological polar surface area (TPSA) is 35.8 Å². The maximum atomic E-state index is 12.8. The largest absolute Gasteiger partial charge is 0.369 e. The van der Waals surface area contributed by atoms with Crippen LogP contribution in [0.2, 0.25) is 0 Å². The van der Waals surface area contributed by atoms with Gasteiger partial charge >= 0.3 is 0 Å². The number of nitriles is 1. The summed E-state index contributed by atoms with van der Waals surface area (Å²) in [5.41, 5.74) is 1.85. The molecule has 0 amide bonds. The van der Waals surface area contributed by atoms with Gasteiger partial charge in [-0.05, 0) is 29.8 Å². The SMILES string of the molecule is CC(c1ccccc1)C(C#N)Nc1ccc(F)cc1. The maximum Gasteiger partial charge on any atom is 0.123 e. The molecule has 2 aromatic rings. The summed E-state index contributed by atoms with van der Waals surface area (Å²) in [6.45, 7) is 2.00. The molecule has 0 fully saturated rings. The van der Waals surface area contributed by atoms with Gasteiger partial charge in [0.1, 0.15) is 11.9 Å². The summed E-state index contributed by atoms with van der Waals surface area (Å²) >= 11 is 0. The molecule has 2 unspecified atom stereocenters. The number of nitrogens with zero attached hydrogens (tertiary/aromatic N) is 1. The van der Waals surface area contributed by atoms with E-state index in [1.165, 1.54) is 12.1 Å². The lowest BCUT2D eigenvalue weighted by Gasteiger charge is -2.20. The highest BCUT2D eigenvalue weighted by molar-refractivity contribution is 5.46. The summed E-state index contributed by atoms with van der Waals surface area (Å²) in [7, 11) is 0. The summed E-state index contributed by atoms with van der Waals surface area (Å²) in [4.78, 5) is 0. The summed E-state index contributed by atoms with van der Waals surface area (Å²) in [6.07, 6.45) is 0. The second kappa shape index (κ2) is 6.01. The molecule has 96 valence electrons. The lowest BCUT2D eigenvalue weighted by Crippen LogP contribution is -2.24. The number of benzene rings is 2. The lowest BCUT2D eigenvalue weighted by atomic mass is 9.94. The normalized spacial score (nSPS) is 13.3. The number of nitrogens with one attached hydrogen (secondary N) is 1. The van der Waals surface area contributed by atoms with Crippen LogP contribution in [0.1, 0.15) is 18.4 Å². The number of rotatable bonds is 4. The van der Waals surface area contributed by atoms with E-state index in [0.717, 1.165) is 11.3 Å². The minimum absolute atomic E-state index is 0.0521. The monoisotopic (exact) mass is 254 g/mol. The molecular formula is C16H15FN2. The van der Waals surface area contributed by atoms with Gasteiger partial charge in [0.2, 0.25) is 0 Å². The van der Waals surface area contributed by atoms with Crippen LogP contribution in [0.3, 0.4) is 0 Å². The van der Waals surface area contributed by atoms with E-state index in [1.54, 1.807) is 12.1 Å². The predicted octanol–water partition coefficient (Wildman–Crippen LogP) is 3.93. The molecule has 0 bridgehead atoms. The van der Waals surface area contributed by atoms with Gasteiger partial charge in [-0.25, -0.2) is 4.39 Å². The standard InChI is InChI=1S/C16H15FN2/c1-12(13-5-3-2-4-6-13)16(11-18)19-15-9-7-14(17)8-10-15/h2-10,12,16,19H,1H3. The molecule has 0 aliphatic rings. The van der Waals surface area contributed by atoms with Crippen molar-refractivity contribution in [1.29, 1.82) is 5.26 Å². The first-order chi connectivity index (χ1) is 9.20. The van der Waals surface area contributed by atoms with Gasteiger partial charge in [-0.2, -0.15) is 5.26 Å². The molecule has 0 aromatic heterocycles. The molecule has 0 radical (unpaired) electrons. The fourth-order valence-electron chi connectivity index (χ4n) is 1.94. The molecule has 0 saturated heterocycles. The lowest BCUT2D eigenvalue weighted by molar-refractivity contribution is 0.627. The average molecular weight is 254 g/mol. The molecule has 2 rings (SSSR count). The summed E-state index contributed by atoms with van der Waals surface area (Å²) < 4.78 is 12.8. The molecule has 2 nitrogen and oxygen atoms in total. The fraction of sp³-hybridized carbons (Fsp3) is 0.188. The number of hydrogen-bond donors (Lipinski definition) is 1. The summed E-state index contributed by atoms with van der Waals surface area (Å²) in [6, 6.07) is 17.8. The maximum absolute atomic E-state index is 12.8. The van der Waals surface area contributed by atoms with Gasteiger partial charge in [0, 0.05) is 11.6 Å². The van der Waals surface area contributed by atoms with Crippen LogP contribution in [-0.4, -0.2) is 6.04 Å². The van der Waals surface area contributed by atoms with Gasteiger partial charge in [-0.15, -0.1) is 0 Å². The van der Waals surface area contributed by atoms with E-state index in [4.69, 9.17) is 0 Å². The van der Waals surface area contributed by atoms with E-state index in [1.807, 2.05) is 37.3 Å². The number of halogens is 1. The van der Waals surface area contributed by atoms with Gasteiger partial charge in [0.25, 0.3) is 0 Å². The Bertz CT molecular complexity index is 558. The Morgan fingerprint density at radius 1 is 1.05 bits per heavy atom. The first-order valence-electron chi connectivity index (χ1n) is 6.17. The predicted molar refractivity (Wildman–Crippen MR) is 74.3 cm³/mol. The van der Waals surface area contributed by atoms with E-state index in [2.05, 4.69) is 11.4 Å². The van der Waals surface area contributed by atoms with Crippen molar-refractivity contribution in [2.75, 3.05) is 5.32 Å². The van der Waals surface area contributed by atoms with Crippen LogP contribution >= 0.6 is 0 Å². The minimum Gasteiger partial charge on any atom is -0.369 e. The number of hydrogen-bond acceptors (Lipinski definition) is 2. The molecule has 0 aliphatic carbocycles. The molecule has 19 heavy (non-hydrogen) atoms. The van der Waals surface area contributed by atoms with Crippen LogP contribution in [-0.2, 0) is 0 Å². The highest BCUT2D eigenvalue weighted by Gasteiger charge is 2.18. The van der Waals surface area contributed by atoms with Crippen molar-refractivity contribution in [2.24, 2.45) is 0 Å². The fourth-order valence-corrected chi connectivity index (χ4v) is 1.94. The van der Waals surface area contributed by atoms with Crippen LogP contribution in [0.5, 0.6) is 0 Å². The molecular weight excluding hydrogens is 239 g/mol. The third-order valence-corrected chi connectivity index (χ3v) is 3.13. The van der Waals surface area contributed by atoms with Crippen molar-refractivity contribution >= 4 is 5.69 Å². The highest BCUT2D eigenvalue weighted by atomic mass is 19.1. The molecule has 2 aromatic carbocycles. The quantitative estimate of drug-likeness (QED) is 0.897. The van der Waals surface area contributed by atoms with Crippen molar-refractivity contribution in [3.8, 4) is 6.07 Å². The molecule has 1 N–H and O–H groups in total. The van der Waals surface area contributed by atoms with E-state index in [9.17, 15) is 9.65 Å². The van der Waals surface area contributed by atoms with E-state index < -0.39 is 0 Å². The van der Waals surface area contributed by atoms with Crippen molar-refractivity contribution in [3.63, 3.8) is 0 Å². The Morgan fingerprint density at radius 3 is 2.26 bits per heavy atom. The van der Waals surface area contributed by atoms with Crippen LogP contribution in [0.4, 0.5) is 10.1 Å². The molecule has 0 saturated carbocycles. The zero-order valence-corrected chi connectivity index (χ0v) is 10.7. The van der Waals surface area contributed by atoms with Gasteiger partial charge in [-0.1, -0.05) is 37.3 Å². The smallest absolute Gasteiger partial charge is 0.123 e. The van der Waals surface area contributed by atoms with Crippen molar-refractivity contribution in [1.82, 2.24) is 0 Å². The van der Waals surface area contributed by atoms with Crippen molar-refractivity contribution < 1.29 is 4.39 Å². The van der Waals surface area contributed by atoms with Crippen molar-refractivity contribution in [3.05, 3.63) is 66.0 Å². The molecule has 0 heterocycles. The van der Waals surface area contributed by atoms with Gasteiger partial charge in [0.05, 0.1) is 6.07 Å². The zero-order valence-electron chi connectivity index (χ0n) is 10.7. The summed E-state index contributed by atoms with van der Waals surface area (Å²) in [5.74, 6) is -0.230. The zero-order chi connectivity index (χ0) is 13.7. The van der Waals surface area contributed by atoms with Crippen LogP contribution in [0, 0.1) is 17.1 Å². The van der Waals surface area contributed by atoms with E-state index >= 15 is 0 Å². The third kappa shape index (κ3) is 3.32. The summed E-state index contributed by atoms with van der Waals surface area (Å²) in [5, 5.41) is 12.4. The molecule has 2 atom stereocenters. The average Bonchev–Trinajstić information content (AvgIpc) is 2.47. The Balaban J connectivity index is 2.13. The van der Waals surface area contributed by atoms with Gasteiger partial charge in [-0.3, -0.25) is 0 Å². The molecule has 0 aliphatic heterocycles. The molecule has 0 spiro atoms. The first-order valence-corrected chi connectivity index (χ1v) is 6.17. The first kappa shape index (κ1) is 13.1. The Hall–Kier alpha value is -2.34. The van der Waals surface area contributed by atoms with Crippen LogP contribution < -0.4 is 5.32 Å². The highest BCUT2D eigenvalue weighted by Crippen LogP contribution is 2.22. The minimum atomic E-state index is -0.354. The van der Waals surface area contributed by atoms with Crippen LogP contribution in [0.25, 0.3) is 0 Å².